The van der Waals surface area contributed by atoms with Gasteiger partial charge < -0.3 is 10.2 Å². The van der Waals surface area contributed by atoms with Crippen molar-refractivity contribution in [3.05, 3.63) is 62.6 Å². The van der Waals surface area contributed by atoms with Crippen molar-refractivity contribution in [2.45, 2.75) is 59.5 Å². The zero-order valence-electron chi connectivity index (χ0n) is 22.4. The van der Waals surface area contributed by atoms with Crippen molar-refractivity contribution < 1.29 is 18.0 Å². The van der Waals surface area contributed by atoms with Gasteiger partial charge in [-0.15, -0.1) is 0 Å². The van der Waals surface area contributed by atoms with Crippen LogP contribution >= 0.6 is 34.8 Å². The monoisotopic (exact) mass is 603 g/mol. The Balaban J connectivity index is 2.28. The lowest BCUT2D eigenvalue weighted by atomic mass is 10.1. The molecule has 38 heavy (non-hydrogen) atoms. The molecular formula is C27H36Cl3N3O4S. The molecule has 0 unspecified atom stereocenters. The zero-order valence-corrected chi connectivity index (χ0v) is 25.5. The highest BCUT2D eigenvalue weighted by Gasteiger charge is 2.29. The number of rotatable bonds is 13. The van der Waals surface area contributed by atoms with E-state index < -0.39 is 16.1 Å². The van der Waals surface area contributed by atoms with Crippen LogP contribution in [0.2, 0.25) is 15.1 Å². The van der Waals surface area contributed by atoms with Gasteiger partial charge in [-0.1, -0.05) is 67.7 Å². The van der Waals surface area contributed by atoms with Crippen molar-refractivity contribution in [3.8, 4) is 0 Å². The first-order valence-electron chi connectivity index (χ1n) is 12.5. The van der Waals surface area contributed by atoms with Gasteiger partial charge in [0.05, 0.1) is 11.9 Å². The maximum absolute atomic E-state index is 13.5. The second-order valence-electron chi connectivity index (χ2n) is 9.69. The zero-order chi connectivity index (χ0) is 28.6. The minimum absolute atomic E-state index is 0.0325. The minimum atomic E-state index is -3.63. The van der Waals surface area contributed by atoms with E-state index in [1.807, 2.05) is 20.8 Å². The highest BCUT2D eigenvalue weighted by molar-refractivity contribution is 7.92. The number of hydrogen-bond donors (Lipinski definition) is 1. The van der Waals surface area contributed by atoms with Gasteiger partial charge in [0.25, 0.3) is 0 Å². The van der Waals surface area contributed by atoms with Crippen LogP contribution < -0.4 is 9.62 Å². The fraction of sp³-hybridized carbons (Fsp3) is 0.481. The fourth-order valence-electron chi connectivity index (χ4n) is 4.01. The predicted octanol–water partition coefficient (Wildman–Crippen LogP) is 6.08. The third-order valence-electron chi connectivity index (χ3n) is 6.02. The van der Waals surface area contributed by atoms with Crippen LogP contribution in [0.25, 0.3) is 0 Å². The Labute approximate surface area is 241 Å². The molecule has 7 nitrogen and oxygen atoms in total. The summed E-state index contributed by atoms with van der Waals surface area (Å²) in [5, 5.41) is 4.20. The molecule has 2 aromatic carbocycles. The second kappa shape index (κ2) is 14.4. The molecule has 210 valence electrons. The summed E-state index contributed by atoms with van der Waals surface area (Å²) >= 11 is 18.6. The third-order valence-corrected chi connectivity index (χ3v) is 8.02. The van der Waals surface area contributed by atoms with Gasteiger partial charge >= 0.3 is 0 Å². The van der Waals surface area contributed by atoms with Crippen molar-refractivity contribution in [1.29, 1.82) is 0 Å². The maximum Gasteiger partial charge on any atom is 0.242 e. The Morgan fingerprint density at radius 3 is 2.24 bits per heavy atom. The average Bonchev–Trinajstić information content (AvgIpc) is 2.82. The topological polar surface area (TPSA) is 86.8 Å². The Morgan fingerprint density at radius 2 is 1.66 bits per heavy atom. The summed E-state index contributed by atoms with van der Waals surface area (Å²) in [6.07, 6.45) is 1.80. The number of nitrogens with zero attached hydrogens (tertiary/aromatic N) is 2. The van der Waals surface area contributed by atoms with Gasteiger partial charge in [-0.2, -0.15) is 0 Å². The molecule has 0 heterocycles. The molecule has 0 aliphatic carbocycles. The van der Waals surface area contributed by atoms with E-state index in [1.54, 1.807) is 43.3 Å². The molecule has 0 aromatic heterocycles. The normalized spacial score (nSPS) is 12.3. The summed E-state index contributed by atoms with van der Waals surface area (Å²) in [6.45, 7) is 8.31. The molecule has 0 saturated heterocycles. The second-order valence-corrected chi connectivity index (χ2v) is 12.9. The molecule has 0 fully saturated rings. The van der Waals surface area contributed by atoms with Crippen molar-refractivity contribution in [2.24, 2.45) is 5.92 Å². The highest BCUT2D eigenvalue weighted by Crippen LogP contribution is 2.27. The van der Waals surface area contributed by atoms with Gasteiger partial charge in [0, 0.05) is 41.1 Å². The third kappa shape index (κ3) is 9.33. The van der Waals surface area contributed by atoms with Crippen LogP contribution in [0.4, 0.5) is 5.69 Å². The van der Waals surface area contributed by atoms with E-state index in [-0.39, 0.29) is 43.7 Å². The molecule has 2 rings (SSSR count). The fourth-order valence-corrected chi connectivity index (χ4v) is 5.66. The number of carbonyl (C=O) groups excluding carboxylic acids is 2. The van der Waals surface area contributed by atoms with Crippen molar-refractivity contribution >= 4 is 62.3 Å². The SMILES string of the molecule is CC[C@H](C(=O)NCC(C)C)N(Cc1ccc(Cl)cc1Cl)C(=O)CCCN(c1cc(Cl)ccc1C)S(C)(=O)=O. The minimum Gasteiger partial charge on any atom is -0.354 e. The average molecular weight is 605 g/mol. The lowest BCUT2D eigenvalue weighted by Crippen LogP contribution is -2.49. The Hall–Kier alpha value is -2.00. The summed E-state index contributed by atoms with van der Waals surface area (Å²) in [7, 11) is -3.63. The molecular weight excluding hydrogens is 569 g/mol. The van der Waals surface area contributed by atoms with Crippen LogP contribution in [0.3, 0.4) is 0 Å². The maximum atomic E-state index is 13.5. The smallest absolute Gasteiger partial charge is 0.242 e. The van der Waals surface area contributed by atoms with E-state index in [0.29, 0.717) is 39.3 Å². The number of hydrogen-bond acceptors (Lipinski definition) is 4. The predicted molar refractivity (Wildman–Crippen MR) is 157 cm³/mol. The molecule has 0 radical (unpaired) electrons. The summed E-state index contributed by atoms with van der Waals surface area (Å²) in [6, 6.07) is 9.34. The van der Waals surface area contributed by atoms with Crippen LogP contribution in [-0.4, -0.2) is 50.5 Å². The first kappa shape index (κ1) is 32.2. The summed E-state index contributed by atoms with van der Waals surface area (Å²) in [5.41, 5.74) is 1.88. The van der Waals surface area contributed by atoms with Gasteiger partial charge in [0.15, 0.2) is 0 Å². The highest BCUT2D eigenvalue weighted by atomic mass is 35.5. The molecule has 0 aliphatic heterocycles. The lowest BCUT2D eigenvalue weighted by molar-refractivity contribution is -0.141. The summed E-state index contributed by atoms with van der Waals surface area (Å²) < 4.78 is 26.4. The number of carbonyl (C=O) groups is 2. The van der Waals surface area contributed by atoms with E-state index in [1.165, 1.54) is 9.21 Å². The van der Waals surface area contributed by atoms with E-state index in [4.69, 9.17) is 34.8 Å². The number of amides is 2. The number of nitrogens with one attached hydrogen (secondary N) is 1. The van der Waals surface area contributed by atoms with Crippen molar-refractivity contribution in [3.63, 3.8) is 0 Å². The van der Waals surface area contributed by atoms with E-state index in [0.717, 1.165) is 11.8 Å². The molecule has 0 saturated carbocycles. The van der Waals surface area contributed by atoms with Gasteiger partial charge in [0.2, 0.25) is 21.8 Å². The molecule has 2 amide bonds. The first-order valence-corrected chi connectivity index (χ1v) is 15.5. The largest absolute Gasteiger partial charge is 0.354 e. The number of sulfonamides is 1. The van der Waals surface area contributed by atoms with Crippen LogP contribution in [0.15, 0.2) is 36.4 Å². The van der Waals surface area contributed by atoms with Crippen molar-refractivity contribution in [2.75, 3.05) is 23.7 Å². The van der Waals surface area contributed by atoms with Gasteiger partial charge in [0.1, 0.15) is 6.04 Å². The summed E-state index contributed by atoms with van der Waals surface area (Å²) in [4.78, 5) is 28.1. The van der Waals surface area contributed by atoms with E-state index in [9.17, 15) is 18.0 Å². The number of halogens is 3. The van der Waals surface area contributed by atoms with E-state index in [2.05, 4.69) is 5.32 Å². The van der Waals surface area contributed by atoms with Crippen LogP contribution in [0, 0.1) is 12.8 Å². The summed E-state index contributed by atoms with van der Waals surface area (Å²) in [5.74, 6) is -0.269. The van der Waals surface area contributed by atoms with Gasteiger partial charge in [-0.25, -0.2) is 8.42 Å². The number of aryl methyl sites for hydroxylation is 1. The standard InChI is InChI=1S/C27H36Cl3N3O4S/c1-6-24(27(35)31-16-18(2)3)32(17-20-10-12-21(28)14-23(20)30)26(34)8-7-13-33(38(5,36)37)25-15-22(29)11-9-19(25)4/h9-12,14-15,18,24H,6-8,13,16-17H2,1-5H3,(H,31,35)/t24-/m1/s1. The van der Waals surface area contributed by atoms with Gasteiger partial charge in [-0.05, 0) is 61.1 Å². The first-order chi connectivity index (χ1) is 17.7. The van der Waals surface area contributed by atoms with Crippen molar-refractivity contribution in [1.82, 2.24) is 10.2 Å². The van der Waals surface area contributed by atoms with Crippen LogP contribution in [0.5, 0.6) is 0 Å². The Kier molecular flexibility index (Phi) is 12.2. The molecule has 1 atom stereocenters. The van der Waals surface area contributed by atoms with Gasteiger partial charge in [-0.3, -0.25) is 13.9 Å². The van der Waals surface area contributed by atoms with Crippen LogP contribution in [0.1, 0.15) is 51.2 Å². The van der Waals surface area contributed by atoms with Crippen LogP contribution in [-0.2, 0) is 26.2 Å². The number of anilines is 1. The molecule has 11 heteroatoms. The molecule has 0 spiro atoms. The lowest BCUT2D eigenvalue weighted by Gasteiger charge is -2.31. The quantitative estimate of drug-likeness (QED) is 0.300. The molecule has 2 aromatic rings. The Morgan fingerprint density at radius 1 is 1.03 bits per heavy atom. The molecule has 0 bridgehead atoms. The molecule has 1 N–H and O–H groups in total. The molecule has 0 aliphatic rings. The van der Waals surface area contributed by atoms with E-state index >= 15 is 0 Å². The Bertz CT molecular complexity index is 1240. The number of benzene rings is 2.